The Morgan fingerprint density at radius 3 is 0.991 bits per heavy atom. The molecule has 7 heteroatoms. The smallest absolute Gasteiger partial charge is 0.0659 e. The van der Waals surface area contributed by atoms with Gasteiger partial charge in [-0.05, 0) is 36.1 Å². The van der Waals surface area contributed by atoms with Crippen LogP contribution >= 0.6 is 0 Å². The minimum atomic E-state index is 0. The molecular formula is C99H139NW6-6. The van der Waals surface area contributed by atoms with Crippen molar-refractivity contribution in [1.82, 2.24) is 4.98 Å². The summed E-state index contributed by atoms with van der Waals surface area (Å²) in [6.07, 6.45) is 0. The predicted octanol–water partition coefficient (Wildman–Crippen LogP) is 29.6. The fourth-order valence-electron chi connectivity index (χ4n) is 15.8. The van der Waals surface area contributed by atoms with Crippen molar-refractivity contribution in [2.24, 2.45) is 0 Å². The van der Waals surface area contributed by atoms with Crippen LogP contribution in [0.2, 0.25) is 0 Å². The molecule has 0 saturated carbocycles. The van der Waals surface area contributed by atoms with Gasteiger partial charge < -0.3 is 0 Å². The molecule has 0 radical (unpaired) electrons. The van der Waals surface area contributed by atoms with E-state index < -0.39 is 0 Å². The molecule has 0 aliphatic rings. The first kappa shape index (κ1) is 107. The monoisotopic (exact) mass is 2450 g/mol. The summed E-state index contributed by atoms with van der Waals surface area (Å²) in [6.45, 7) is 90.0. The minimum absolute atomic E-state index is 0. The van der Waals surface area contributed by atoms with Crippen LogP contribution in [0.3, 0.4) is 0 Å². The number of hydrogen-bond donors (Lipinski definition) is 0. The molecule has 0 amide bonds. The van der Waals surface area contributed by atoms with Crippen LogP contribution in [0, 0.1) is 105 Å². The van der Waals surface area contributed by atoms with Gasteiger partial charge in [-0.2, -0.15) is 92.7 Å². The average molecular weight is 2450 g/mol. The molecule has 0 aliphatic heterocycles. The van der Waals surface area contributed by atoms with Gasteiger partial charge in [0, 0.05) is 126 Å². The maximum atomic E-state index is 4.86. The largest absolute Gasteiger partial charge is 0.286 e. The van der Waals surface area contributed by atoms with Crippen molar-refractivity contribution in [3.05, 3.63) is 273 Å². The second-order valence-corrected chi connectivity index (χ2v) is 36.5. The normalized spacial score (nSPS) is 11.1. The zero-order chi connectivity index (χ0) is 76.8. The Morgan fingerprint density at radius 1 is 0.236 bits per heavy atom. The van der Waals surface area contributed by atoms with E-state index in [1.807, 2.05) is 0 Å². The Hall–Kier alpha value is -2.96. The summed E-state index contributed by atoms with van der Waals surface area (Å²) in [6, 6.07) is 41.6. The van der Waals surface area contributed by atoms with Gasteiger partial charge in [0.25, 0.3) is 0 Å². The van der Waals surface area contributed by atoms with Gasteiger partial charge in [-0.1, -0.05) is 393 Å². The molecule has 0 bridgehead atoms. The number of para-hydroxylation sites is 1. The molecule has 0 N–H and O–H groups in total. The number of pyridine rings is 1. The molecule has 582 valence electrons. The van der Waals surface area contributed by atoms with E-state index in [1.165, 1.54) is 185 Å². The summed E-state index contributed by atoms with van der Waals surface area (Å²) in [4.78, 5) is 4.86. The number of rotatable bonds is 6. The molecule has 8 aromatic carbocycles. The Kier molecular flexibility index (Phi) is 43.8. The SMILES string of the molecule is Cc1c(C(C)(C)C)c([C-](C)C)cc2ccccc12.Cc1c(C(C)(C)C)c([C-](C)C)nc2ccccc12.Cc1c([C-](C)C)c(C(C)(C)C)c(C)c2ccccc12.Cc1cc(C)c([C-](C)C)c(C(C)(C)C)c1C.Cc1ccc([C-](C)C)c(C(C)(C)C)c1C.Cc1cccc([C-](C)C)c1C(C)(C)C.[W].[W].[W].[W].[W].[W]. The quantitative estimate of drug-likeness (QED) is 0.151. The second-order valence-electron chi connectivity index (χ2n) is 36.5. The third-order valence-corrected chi connectivity index (χ3v) is 19.8. The van der Waals surface area contributed by atoms with Gasteiger partial charge in [0.2, 0.25) is 0 Å². The first-order valence-electron chi connectivity index (χ1n) is 37.2. The molecule has 0 spiro atoms. The van der Waals surface area contributed by atoms with Gasteiger partial charge in [-0.3, -0.25) is 4.98 Å². The maximum Gasteiger partial charge on any atom is 0.0659 e. The van der Waals surface area contributed by atoms with E-state index in [-0.39, 0.29) is 159 Å². The summed E-state index contributed by atoms with van der Waals surface area (Å²) in [5, 5.41) is 6.79. The van der Waals surface area contributed by atoms with Gasteiger partial charge >= 0.3 is 0 Å². The Balaban J connectivity index is -0.00000119. The van der Waals surface area contributed by atoms with Gasteiger partial charge in [0.1, 0.15) is 0 Å². The van der Waals surface area contributed by atoms with E-state index >= 15 is 0 Å². The molecular weight excluding hydrogens is 2310 g/mol. The molecule has 1 aromatic heterocycles. The van der Waals surface area contributed by atoms with Crippen molar-refractivity contribution in [2.75, 3.05) is 0 Å². The third kappa shape index (κ3) is 27.1. The summed E-state index contributed by atoms with van der Waals surface area (Å²) < 4.78 is 0. The molecule has 9 aromatic rings. The number of aromatic nitrogens is 1. The average Bonchev–Trinajstić information content (AvgIpc) is 0.758. The van der Waals surface area contributed by atoms with Crippen molar-refractivity contribution in [3.63, 3.8) is 0 Å². The topological polar surface area (TPSA) is 12.9 Å². The molecule has 0 saturated heterocycles. The van der Waals surface area contributed by atoms with Crippen LogP contribution in [0.4, 0.5) is 0 Å². The Morgan fingerprint density at radius 2 is 0.585 bits per heavy atom. The number of fused-ring (bicyclic) bond motifs is 3. The fourth-order valence-corrected chi connectivity index (χ4v) is 15.8. The molecule has 9 rings (SSSR count). The van der Waals surface area contributed by atoms with Gasteiger partial charge in [0.05, 0.1) is 5.52 Å². The maximum absolute atomic E-state index is 4.86. The predicted molar refractivity (Wildman–Crippen MR) is 451 cm³/mol. The van der Waals surface area contributed by atoms with Crippen molar-refractivity contribution >= 4 is 32.4 Å². The number of aryl methyl sites for hydroxylation is 8. The molecule has 0 fully saturated rings. The van der Waals surface area contributed by atoms with E-state index in [0.29, 0.717) is 0 Å². The first-order chi connectivity index (χ1) is 45.6. The van der Waals surface area contributed by atoms with E-state index in [4.69, 9.17) is 4.98 Å². The first-order valence-corrected chi connectivity index (χ1v) is 37.2. The van der Waals surface area contributed by atoms with E-state index in [0.717, 1.165) is 5.52 Å². The van der Waals surface area contributed by atoms with Gasteiger partial charge in [-0.25, -0.2) is 0 Å². The zero-order valence-electron chi connectivity index (χ0n) is 73.9. The molecule has 1 heterocycles. The van der Waals surface area contributed by atoms with Crippen molar-refractivity contribution < 1.29 is 126 Å². The van der Waals surface area contributed by atoms with E-state index in [1.54, 1.807) is 0 Å². The summed E-state index contributed by atoms with van der Waals surface area (Å²) in [5.41, 5.74) is 33.6. The van der Waals surface area contributed by atoms with Crippen LogP contribution in [0.5, 0.6) is 0 Å². The van der Waals surface area contributed by atoms with E-state index in [9.17, 15) is 0 Å². The summed E-state index contributed by atoms with van der Waals surface area (Å²) in [7, 11) is 0. The van der Waals surface area contributed by atoms with Crippen LogP contribution in [0.1, 0.15) is 330 Å². The standard InChI is InChI=1S/C19H25.C18H23.C17H22N.C16H25.C15H23.C14H21.6W/c1-12(2)17-13(3)15-10-8-9-11-16(15)14(4)18(17)19(5,6)7;1-12(2)16-11-14-9-7-8-10-15(14)13(3)17(16)18(4,5)6;1-11(2)16-15(17(4,5)6)12(3)13-9-7-8-10-14(13)18-16;1-10(2)14-12(4)9-11(3)13(5)15(14)16(6,7)8;1-10(2)13-9-8-11(3)12(4)14(13)15(5,6)7;1-10(2)12-9-7-8-11(3)13(12)14(4,5)6;;;;;;/h8-11H,1-7H3;7-11H,1-6H3;7-10H,1-6H3;9H,1-8H3;8-9H,1-7H3;7-9H,1-6H3;;;;;;/q6*-1;;;;;;. The minimum Gasteiger partial charge on any atom is -0.286 e. The Labute approximate surface area is 738 Å². The van der Waals surface area contributed by atoms with Gasteiger partial charge in [0.15, 0.2) is 0 Å². The second kappa shape index (κ2) is 43.3. The molecule has 0 unspecified atom stereocenters. The van der Waals surface area contributed by atoms with Crippen LogP contribution in [-0.2, 0) is 159 Å². The van der Waals surface area contributed by atoms with Gasteiger partial charge in [-0.15, -0.1) is 87.7 Å². The third-order valence-electron chi connectivity index (χ3n) is 19.8. The number of nitrogens with zero attached hydrogens (tertiary/aromatic N) is 1. The fraction of sp³-hybridized carbons (Fsp3) is 0.465. The summed E-state index contributed by atoms with van der Waals surface area (Å²) in [5.74, 6) is 8.33. The molecule has 1 nitrogen and oxygen atoms in total. The number of hydrogen-bond acceptors (Lipinski definition) is 1. The van der Waals surface area contributed by atoms with E-state index in [2.05, 4.69) is 392 Å². The molecule has 106 heavy (non-hydrogen) atoms. The Bertz CT molecular complexity index is 4140. The summed E-state index contributed by atoms with van der Waals surface area (Å²) >= 11 is 0. The van der Waals surface area contributed by atoms with Crippen molar-refractivity contribution in [3.8, 4) is 0 Å². The van der Waals surface area contributed by atoms with Crippen LogP contribution in [0.15, 0.2) is 115 Å². The van der Waals surface area contributed by atoms with Crippen LogP contribution in [-0.4, -0.2) is 4.98 Å². The zero-order valence-corrected chi connectivity index (χ0v) is 91.5. The van der Waals surface area contributed by atoms with Crippen LogP contribution in [0.25, 0.3) is 32.4 Å². The molecule has 0 aliphatic carbocycles. The van der Waals surface area contributed by atoms with Crippen LogP contribution < -0.4 is 0 Å². The molecule has 0 atom stereocenters. The number of benzene rings is 8. The van der Waals surface area contributed by atoms with Crippen molar-refractivity contribution in [2.45, 2.75) is 309 Å². The van der Waals surface area contributed by atoms with Crippen molar-refractivity contribution in [1.29, 1.82) is 0 Å².